The van der Waals surface area contributed by atoms with Gasteiger partial charge in [0.15, 0.2) is 0 Å². The molecule has 0 aliphatic carbocycles. The van der Waals surface area contributed by atoms with Crippen molar-refractivity contribution in [2.75, 3.05) is 6.54 Å². The van der Waals surface area contributed by atoms with Crippen LogP contribution in [0, 0.1) is 0 Å². The van der Waals surface area contributed by atoms with Crippen LogP contribution in [0.2, 0.25) is 0 Å². The van der Waals surface area contributed by atoms with Gasteiger partial charge in [0.2, 0.25) is 0 Å². The Kier molecular flexibility index (Phi) is 5.38. The van der Waals surface area contributed by atoms with Gasteiger partial charge in [0.25, 0.3) is 0 Å². The van der Waals surface area contributed by atoms with Crippen LogP contribution in [0.5, 0.6) is 0 Å². The Labute approximate surface area is 127 Å². The highest BCUT2D eigenvalue weighted by Crippen LogP contribution is 2.32. The molecule has 1 nitrogen and oxygen atoms in total. The summed E-state index contributed by atoms with van der Waals surface area (Å²) < 4.78 is 0. The molecule has 0 radical (unpaired) electrons. The maximum atomic E-state index is 3.65. The van der Waals surface area contributed by atoms with Gasteiger partial charge in [-0.25, -0.2) is 0 Å². The third-order valence-electron chi connectivity index (χ3n) is 4.03. The summed E-state index contributed by atoms with van der Waals surface area (Å²) in [6, 6.07) is 13.7. The highest BCUT2D eigenvalue weighted by atomic mass is 32.1. The van der Waals surface area contributed by atoms with Gasteiger partial charge in [0.1, 0.15) is 0 Å². The molecule has 1 unspecified atom stereocenters. The molecule has 0 saturated heterocycles. The Hall–Kier alpha value is -1.12. The van der Waals surface area contributed by atoms with E-state index in [1.54, 1.807) is 11.3 Å². The first-order valence-electron chi connectivity index (χ1n) is 7.46. The Balaban J connectivity index is 2.29. The molecule has 0 aliphatic heterocycles. The smallest absolute Gasteiger partial charge is 0.0116 e. The standard InChI is InChI=1S/C18H25NS/c1-4-18(14-19-15(2)3,12-16-10-11-20-13-16)17-8-6-5-7-9-17/h5-11,13,15,19H,4,12,14H2,1-3H3. The molecule has 0 amide bonds. The summed E-state index contributed by atoms with van der Waals surface area (Å²) in [6.07, 6.45) is 2.25. The number of hydrogen-bond donors (Lipinski definition) is 1. The van der Waals surface area contributed by atoms with Gasteiger partial charge in [-0.3, -0.25) is 0 Å². The summed E-state index contributed by atoms with van der Waals surface area (Å²) in [5, 5.41) is 8.11. The van der Waals surface area contributed by atoms with Gasteiger partial charge in [-0.1, -0.05) is 51.1 Å². The Bertz CT molecular complexity index is 489. The van der Waals surface area contributed by atoms with Crippen molar-refractivity contribution in [3.8, 4) is 0 Å². The fourth-order valence-corrected chi connectivity index (χ4v) is 3.36. The number of thiophene rings is 1. The zero-order valence-corrected chi connectivity index (χ0v) is 13.5. The molecule has 0 saturated carbocycles. The zero-order chi connectivity index (χ0) is 14.4. The minimum absolute atomic E-state index is 0.187. The van der Waals surface area contributed by atoms with E-state index in [-0.39, 0.29) is 5.41 Å². The van der Waals surface area contributed by atoms with Crippen LogP contribution in [-0.4, -0.2) is 12.6 Å². The first kappa shape index (κ1) is 15.3. The lowest BCUT2D eigenvalue weighted by atomic mass is 9.73. The molecule has 1 aromatic carbocycles. The summed E-state index contributed by atoms with van der Waals surface area (Å²) in [4.78, 5) is 0. The summed E-state index contributed by atoms with van der Waals surface area (Å²) in [7, 11) is 0. The number of hydrogen-bond acceptors (Lipinski definition) is 2. The van der Waals surface area contributed by atoms with E-state index in [4.69, 9.17) is 0 Å². The lowest BCUT2D eigenvalue weighted by molar-refractivity contribution is 0.363. The monoisotopic (exact) mass is 287 g/mol. The molecule has 1 aromatic heterocycles. The van der Waals surface area contributed by atoms with E-state index >= 15 is 0 Å². The summed E-state index contributed by atoms with van der Waals surface area (Å²) >= 11 is 1.79. The Morgan fingerprint density at radius 3 is 2.45 bits per heavy atom. The van der Waals surface area contributed by atoms with Gasteiger partial charge in [0.05, 0.1) is 0 Å². The maximum absolute atomic E-state index is 3.65. The third-order valence-corrected chi connectivity index (χ3v) is 4.77. The van der Waals surface area contributed by atoms with Gasteiger partial charge in [-0.15, -0.1) is 0 Å². The molecule has 2 rings (SSSR count). The summed E-state index contributed by atoms with van der Waals surface area (Å²) in [5.74, 6) is 0. The molecule has 1 N–H and O–H groups in total. The molecular weight excluding hydrogens is 262 g/mol. The minimum atomic E-state index is 0.187. The molecule has 1 heterocycles. The van der Waals surface area contributed by atoms with E-state index in [2.05, 4.69) is 73.2 Å². The van der Waals surface area contributed by atoms with E-state index < -0.39 is 0 Å². The molecule has 0 spiro atoms. The van der Waals surface area contributed by atoms with Crippen LogP contribution in [0.25, 0.3) is 0 Å². The van der Waals surface area contributed by atoms with E-state index in [0.717, 1.165) is 19.4 Å². The van der Waals surface area contributed by atoms with Crippen molar-refractivity contribution in [3.63, 3.8) is 0 Å². The van der Waals surface area contributed by atoms with E-state index in [9.17, 15) is 0 Å². The van der Waals surface area contributed by atoms with Gasteiger partial charge in [-0.05, 0) is 40.8 Å². The van der Waals surface area contributed by atoms with Crippen molar-refractivity contribution in [2.45, 2.75) is 45.1 Å². The predicted molar refractivity (Wildman–Crippen MR) is 89.6 cm³/mol. The molecule has 0 aliphatic rings. The molecule has 0 fully saturated rings. The van der Waals surface area contributed by atoms with Crippen LogP contribution >= 0.6 is 11.3 Å². The van der Waals surface area contributed by atoms with Gasteiger partial charge >= 0.3 is 0 Å². The van der Waals surface area contributed by atoms with E-state index in [1.807, 2.05) is 0 Å². The number of benzene rings is 1. The van der Waals surface area contributed by atoms with Crippen LogP contribution in [0.15, 0.2) is 47.2 Å². The topological polar surface area (TPSA) is 12.0 Å². The summed E-state index contributed by atoms with van der Waals surface area (Å²) in [5.41, 5.74) is 3.08. The fraction of sp³-hybridized carbons (Fsp3) is 0.444. The first-order valence-corrected chi connectivity index (χ1v) is 8.40. The average Bonchev–Trinajstić information content (AvgIpc) is 2.97. The van der Waals surface area contributed by atoms with Crippen LogP contribution < -0.4 is 5.32 Å². The normalized spacial score (nSPS) is 14.4. The second kappa shape index (κ2) is 7.05. The molecule has 2 aromatic rings. The van der Waals surface area contributed by atoms with Crippen LogP contribution in [-0.2, 0) is 11.8 Å². The molecular formula is C18H25NS. The minimum Gasteiger partial charge on any atom is -0.314 e. The second-order valence-electron chi connectivity index (χ2n) is 5.84. The molecule has 108 valence electrons. The van der Waals surface area contributed by atoms with Gasteiger partial charge in [-0.2, -0.15) is 11.3 Å². The predicted octanol–water partition coefficient (Wildman–Crippen LogP) is 4.64. The lowest BCUT2D eigenvalue weighted by Crippen LogP contribution is -2.42. The highest BCUT2D eigenvalue weighted by molar-refractivity contribution is 7.07. The Morgan fingerprint density at radius 2 is 1.90 bits per heavy atom. The van der Waals surface area contributed by atoms with Crippen LogP contribution in [0.1, 0.15) is 38.3 Å². The highest BCUT2D eigenvalue weighted by Gasteiger charge is 2.30. The van der Waals surface area contributed by atoms with Crippen molar-refractivity contribution in [3.05, 3.63) is 58.3 Å². The Morgan fingerprint density at radius 1 is 1.15 bits per heavy atom. The maximum Gasteiger partial charge on any atom is 0.0116 e. The number of nitrogens with one attached hydrogen (secondary N) is 1. The van der Waals surface area contributed by atoms with Gasteiger partial charge in [0, 0.05) is 18.0 Å². The molecule has 20 heavy (non-hydrogen) atoms. The quantitative estimate of drug-likeness (QED) is 0.782. The number of rotatable bonds is 7. The van der Waals surface area contributed by atoms with E-state index in [1.165, 1.54) is 11.1 Å². The molecule has 1 atom stereocenters. The van der Waals surface area contributed by atoms with E-state index in [0.29, 0.717) is 6.04 Å². The SMILES string of the molecule is CCC(CNC(C)C)(Cc1ccsc1)c1ccccc1. The lowest BCUT2D eigenvalue weighted by Gasteiger charge is -2.34. The second-order valence-corrected chi connectivity index (χ2v) is 6.62. The van der Waals surface area contributed by atoms with Crippen molar-refractivity contribution in [1.82, 2.24) is 5.32 Å². The summed E-state index contributed by atoms with van der Waals surface area (Å²) in [6.45, 7) is 7.77. The van der Waals surface area contributed by atoms with Crippen molar-refractivity contribution < 1.29 is 0 Å². The van der Waals surface area contributed by atoms with Gasteiger partial charge < -0.3 is 5.32 Å². The average molecular weight is 287 g/mol. The molecule has 0 bridgehead atoms. The zero-order valence-electron chi connectivity index (χ0n) is 12.7. The molecule has 2 heteroatoms. The van der Waals surface area contributed by atoms with Crippen LogP contribution in [0.4, 0.5) is 0 Å². The third kappa shape index (κ3) is 3.71. The van der Waals surface area contributed by atoms with Crippen molar-refractivity contribution in [2.24, 2.45) is 0 Å². The fourth-order valence-electron chi connectivity index (χ4n) is 2.70. The van der Waals surface area contributed by atoms with Crippen molar-refractivity contribution in [1.29, 1.82) is 0 Å². The van der Waals surface area contributed by atoms with Crippen LogP contribution in [0.3, 0.4) is 0 Å². The van der Waals surface area contributed by atoms with Crippen molar-refractivity contribution >= 4 is 11.3 Å². The first-order chi connectivity index (χ1) is 9.66. The largest absolute Gasteiger partial charge is 0.314 e.